The van der Waals surface area contributed by atoms with Crippen molar-refractivity contribution in [1.82, 2.24) is 0 Å². The molecule has 0 unspecified atom stereocenters. The molecule has 0 atom stereocenters. The number of carbonyl (C=O) groups excluding carboxylic acids is 1. The first-order chi connectivity index (χ1) is 6.73. The zero-order chi connectivity index (χ0) is 11.7. The number of hydrogen-bond donors (Lipinski definition) is 1. The molecule has 0 aliphatic carbocycles. The van der Waals surface area contributed by atoms with Crippen LogP contribution in [0.2, 0.25) is 0 Å². The third-order valence-electron chi connectivity index (χ3n) is 2.75. The van der Waals surface area contributed by atoms with Crippen molar-refractivity contribution in [3.8, 4) is 0 Å². The van der Waals surface area contributed by atoms with E-state index >= 15 is 0 Å². The van der Waals surface area contributed by atoms with Gasteiger partial charge in [-0.25, -0.2) is 4.48 Å². The van der Waals surface area contributed by atoms with Crippen LogP contribution in [0.3, 0.4) is 0 Å². The predicted molar refractivity (Wildman–Crippen MR) is 57.4 cm³/mol. The molecule has 1 N–H and O–H groups in total. The summed E-state index contributed by atoms with van der Waals surface area (Å²) in [5, 5.41) is 9.39. The Kier molecular flexibility index (Phi) is 3.41. The lowest BCUT2D eigenvalue weighted by molar-refractivity contribution is -0.845. The maximum atomic E-state index is 11.9. The Morgan fingerprint density at radius 1 is 1.33 bits per heavy atom. The molecule has 1 amide bonds. The third-order valence-corrected chi connectivity index (χ3v) is 2.75. The van der Waals surface area contributed by atoms with Crippen molar-refractivity contribution in [2.45, 2.75) is 45.3 Å². The van der Waals surface area contributed by atoms with Crippen LogP contribution in [0, 0.1) is 0 Å². The topological polar surface area (TPSA) is 46.5 Å². The van der Waals surface area contributed by atoms with E-state index in [9.17, 15) is 9.90 Å². The highest BCUT2D eigenvalue weighted by atomic mass is 16.6. The van der Waals surface area contributed by atoms with Gasteiger partial charge < -0.3 is 9.84 Å². The molecule has 1 fully saturated rings. The smallest absolute Gasteiger partial charge is 0.414 e. The normalized spacial score (nSPS) is 32.5. The maximum absolute atomic E-state index is 11.9. The van der Waals surface area contributed by atoms with Crippen LogP contribution in [0.1, 0.15) is 33.6 Å². The Labute approximate surface area is 91.4 Å². The molecule has 1 saturated heterocycles. The molecule has 0 aromatic rings. The Morgan fingerprint density at radius 3 is 2.20 bits per heavy atom. The highest BCUT2D eigenvalue weighted by molar-refractivity contribution is 5.60. The van der Waals surface area contributed by atoms with Crippen LogP contribution < -0.4 is 0 Å². The van der Waals surface area contributed by atoms with E-state index in [4.69, 9.17) is 4.74 Å². The monoisotopic (exact) mass is 216 g/mol. The Hall–Kier alpha value is -0.610. The second-order valence-corrected chi connectivity index (χ2v) is 5.55. The molecule has 0 aromatic carbocycles. The van der Waals surface area contributed by atoms with E-state index in [-0.39, 0.29) is 16.7 Å². The SMILES string of the molecule is CC(C)(C)OC(=O)[N+]1(C)CCC(O)CC1. The first-order valence-corrected chi connectivity index (χ1v) is 5.49. The third kappa shape index (κ3) is 3.47. The molecule has 1 aliphatic rings. The van der Waals surface area contributed by atoms with Gasteiger partial charge in [0, 0.05) is 12.8 Å². The lowest BCUT2D eigenvalue weighted by Crippen LogP contribution is -2.56. The standard InChI is InChI=1S/C11H22NO3/c1-11(2,3)15-10(14)12(4)7-5-9(13)6-8-12/h9,13H,5-8H2,1-4H3/q+1. The predicted octanol–water partition coefficient (Wildman–Crippen LogP) is 1.52. The van der Waals surface area contributed by atoms with Crippen LogP contribution in [-0.4, -0.2) is 47.5 Å². The van der Waals surface area contributed by atoms with Gasteiger partial charge in [0.1, 0.15) is 5.60 Å². The van der Waals surface area contributed by atoms with Crippen molar-refractivity contribution in [2.24, 2.45) is 0 Å². The first-order valence-electron chi connectivity index (χ1n) is 5.49. The van der Waals surface area contributed by atoms with Gasteiger partial charge in [-0.1, -0.05) is 0 Å². The molecule has 0 aromatic heterocycles. The minimum absolute atomic E-state index is 0.186. The van der Waals surface area contributed by atoms with Gasteiger partial charge in [0.05, 0.1) is 26.2 Å². The highest BCUT2D eigenvalue weighted by Gasteiger charge is 2.39. The molecule has 4 nitrogen and oxygen atoms in total. The highest BCUT2D eigenvalue weighted by Crippen LogP contribution is 2.21. The molecule has 0 spiro atoms. The molecule has 1 heterocycles. The van der Waals surface area contributed by atoms with Crippen LogP contribution in [0.25, 0.3) is 0 Å². The minimum atomic E-state index is -0.436. The summed E-state index contributed by atoms with van der Waals surface area (Å²) in [5.41, 5.74) is -0.436. The number of ether oxygens (including phenoxy) is 1. The fraction of sp³-hybridized carbons (Fsp3) is 0.909. The lowest BCUT2D eigenvalue weighted by Gasteiger charge is -2.37. The lowest BCUT2D eigenvalue weighted by atomic mass is 10.1. The minimum Gasteiger partial charge on any atom is -0.414 e. The number of aliphatic hydroxyl groups excluding tert-OH is 1. The summed E-state index contributed by atoms with van der Waals surface area (Å²) in [6, 6.07) is 0. The van der Waals surface area contributed by atoms with E-state index in [1.165, 1.54) is 0 Å². The largest absolute Gasteiger partial charge is 0.516 e. The fourth-order valence-corrected chi connectivity index (χ4v) is 1.68. The number of hydrogen-bond acceptors (Lipinski definition) is 3. The van der Waals surface area contributed by atoms with Crippen LogP contribution in [0.5, 0.6) is 0 Å². The van der Waals surface area contributed by atoms with E-state index in [0.29, 0.717) is 25.9 Å². The average Bonchev–Trinajstić information content (AvgIpc) is 2.07. The summed E-state index contributed by atoms with van der Waals surface area (Å²) in [6.45, 7) is 6.94. The van der Waals surface area contributed by atoms with Gasteiger partial charge in [0.25, 0.3) is 0 Å². The molecule has 4 heteroatoms. The molecule has 1 rings (SSSR count). The molecular weight excluding hydrogens is 194 g/mol. The van der Waals surface area contributed by atoms with Crippen LogP contribution in [-0.2, 0) is 4.74 Å². The molecule has 0 saturated carbocycles. The van der Waals surface area contributed by atoms with Gasteiger partial charge in [-0.2, -0.15) is 4.79 Å². The first kappa shape index (κ1) is 12.5. The van der Waals surface area contributed by atoms with E-state index in [2.05, 4.69) is 0 Å². The van der Waals surface area contributed by atoms with Gasteiger partial charge >= 0.3 is 6.09 Å². The van der Waals surface area contributed by atoms with Gasteiger partial charge in [-0.3, -0.25) is 0 Å². The summed E-state index contributed by atoms with van der Waals surface area (Å²) >= 11 is 0. The maximum Gasteiger partial charge on any atom is 0.516 e. The van der Waals surface area contributed by atoms with Crippen molar-refractivity contribution < 1.29 is 19.1 Å². The van der Waals surface area contributed by atoms with Crippen LogP contribution >= 0.6 is 0 Å². The summed E-state index contributed by atoms with van der Waals surface area (Å²) in [7, 11) is 1.87. The van der Waals surface area contributed by atoms with Gasteiger partial charge in [0.2, 0.25) is 0 Å². The molecule has 0 bridgehead atoms. The number of amides is 1. The van der Waals surface area contributed by atoms with Crippen molar-refractivity contribution in [2.75, 3.05) is 20.1 Å². The number of likely N-dealkylation sites (tertiary alicyclic amines) is 1. The summed E-state index contributed by atoms with van der Waals surface area (Å²) in [5.74, 6) is 0. The summed E-state index contributed by atoms with van der Waals surface area (Å²) in [6.07, 6.45) is 0.916. The van der Waals surface area contributed by atoms with Crippen molar-refractivity contribution in [3.63, 3.8) is 0 Å². The number of rotatable bonds is 0. The zero-order valence-corrected chi connectivity index (χ0v) is 10.1. The van der Waals surface area contributed by atoms with Gasteiger partial charge in [-0.15, -0.1) is 0 Å². The zero-order valence-electron chi connectivity index (χ0n) is 10.1. The second kappa shape index (κ2) is 4.10. The molecule has 0 radical (unpaired) electrons. The fourth-order valence-electron chi connectivity index (χ4n) is 1.68. The van der Waals surface area contributed by atoms with Gasteiger partial charge in [-0.05, 0) is 20.8 Å². The van der Waals surface area contributed by atoms with Gasteiger partial charge in [0.15, 0.2) is 0 Å². The molecule has 88 valence electrons. The van der Waals surface area contributed by atoms with Crippen molar-refractivity contribution >= 4 is 6.09 Å². The molecule has 1 aliphatic heterocycles. The number of carbonyl (C=O) groups is 1. The summed E-state index contributed by atoms with van der Waals surface area (Å²) < 4.78 is 5.65. The van der Waals surface area contributed by atoms with Crippen molar-refractivity contribution in [3.05, 3.63) is 0 Å². The number of aliphatic hydroxyl groups is 1. The Morgan fingerprint density at radius 2 is 1.80 bits per heavy atom. The van der Waals surface area contributed by atoms with Crippen LogP contribution in [0.15, 0.2) is 0 Å². The Bertz CT molecular complexity index is 237. The summed E-state index contributed by atoms with van der Waals surface area (Å²) in [4.78, 5) is 11.9. The number of quaternary nitrogens is 1. The quantitative estimate of drug-likeness (QED) is 0.624. The van der Waals surface area contributed by atoms with E-state index in [1.54, 1.807) is 0 Å². The molecule has 15 heavy (non-hydrogen) atoms. The van der Waals surface area contributed by atoms with Crippen molar-refractivity contribution in [1.29, 1.82) is 0 Å². The Balaban J connectivity index is 2.58. The van der Waals surface area contributed by atoms with E-state index < -0.39 is 5.60 Å². The second-order valence-electron chi connectivity index (χ2n) is 5.55. The average molecular weight is 216 g/mol. The molecular formula is C11H22NO3+. The number of nitrogens with zero attached hydrogens (tertiary/aromatic N) is 1. The number of piperidine rings is 1. The van der Waals surface area contributed by atoms with Crippen LogP contribution in [0.4, 0.5) is 4.79 Å². The van der Waals surface area contributed by atoms with E-state index in [1.807, 2.05) is 27.8 Å². The van der Waals surface area contributed by atoms with E-state index in [0.717, 1.165) is 0 Å².